The van der Waals surface area contributed by atoms with Crippen molar-refractivity contribution < 1.29 is 23.0 Å². The predicted octanol–water partition coefficient (Wildman–Crippen LogP) is 4.25. The van der Waals surface area contributed by atoms with Crippen LogP contribution < -0.4 is 4.74 Å². The first kappa shape index (κ1) is 13.5. The molecule has 0 spiro atoms. The summed E-state index contributed by atoms with van der Waals surface area (Å²) in [5, 5.41) is 9.15. The van der Waals surface area contributed by atoms with Crippen molar-refractivity contribution in [3.8, 4) is 17.4 Å². The molecular formula is C12H7ClF3NO2. The van der Waals surface area contributed by atoms with Gasteiger partial charge >= 0.3 is 6.18 Å². The third kappa shape index (κ3) is 3.08. The lowest BCUT2D eigenvalue weighted by molar-refractivity contribution is -0.137. The molecule has 1 N–H and O–H groups in total. The molecule has 0 atom stereocenters. The highest BCUT2D eigenvalue weighted by molar-refractivity contribution is 6.32. The van der Waals surface area contributed by atoms with Crippen LogP contribution in [0, 0.1) is 0 Å². The molecule has 0 radical (unpaired) electrons. The van der Waals surface area contributed by atoms with E-state index in [0.717, 1.165) is 0 Å². The molecule has 7 heteroatoms. The molecule has 0 unspecified atom stereocenters. The number of ether oxygens (including phenoxy) is 1. The Hall–Kier alpha value is -1.95. The molecule has 0 aliphatic rings. The number of halogens is 4. The molecule has 19 heavy (non-hydrogen) atoms. The summed E-state index contributed by atoms with van der Waals surface area (Å²) in [6, 6.07) is 5.94. The lowest BCUT2D eigenvalue weighted by Crippen LogP contribution is -2.05. The summed E-state index contributed by atoms with van der Waals surface area (Å²) in [5.41, 5.74) is -1.01. The van der Waals surface area contributed by atoms with E-state index < -0.39 is 28.3 Å². The molecule has 0 aliphatic heterocycles. The lowest BCUT2D eigenvalue weighted by Gasteiger charge is -2.12. The van der Waals surface area contributed by atoms with Gasteiger partial charge in [-0.2, -0.15) is 13.2 Å². The highest BCUT2D eigenvalue weighted by Crippen LogP contribution is 2.41. The van der Waals surface area contributed by atoms with Crippen LogP contribution in [0.15, 0.2) is 36.5 Å². The minimum absolute atomic E-state index is 0.0493. The number of alkyl halides is 3. The van der Waals surface area contributed by atoms with Crippen molar-refractivity contribution in [1.82, 2.24) is 4.98 Å². The normalized spacial score (nSPS) is 11.4. The smallest absolute Gasteiger partial charge is 0.416 e. The number of hydrogen-bond donors (Lipinski definition) is 1. The van der Waals surface area contributed by atoms with Gasteiger partial charge in [-0.05, 0) is 18.2 Å². The van der Waals surface area contributed by atoms with Crippen LogP contribution in [-0.4, -0.2) is 10.1 Å². The van der Waals surface area contributed by atoms with Gasteiger partial charge in [-0.25, -0.2) is 4.98 Å². The third-order valence-corrected chi connectivity index (χ3v) is 2.50. The number of aromatic hydroxyl groups is 1. The van der Waals surface area contributed by atoms with Crippen molar-refractivity contribution in [2.45, 2.75) is 6.18 Å². The van der Waals surface area contributed by atoms with Gasteiger partial charge in [0, 0.05) is 12.3 Å². The highest BCUT2D eigenvalue weighted by Gasteiger charge is 2.32. The average molecular weight is 290 g/mol. The largest absolute Gasteiger partial charge is 0.503 e. The molecule has 100 valence electrons. The maximum absolute atomic E-state index is 12.6. The van der Waals surface area contributed by atoms with Crippen molar-refractivity contribution in [2.24, 2.45) is 0 Å². The van der Waals surface area contributed by atoms with Crippen LogP contribution in [0.25, 0.3) is 0 Å². The van der Waals surface area contributed by atoms with Gasteiger partial charge in [-0.3, -0.25) is 0 Å². The predicted molar refractivity (Wildman–Crippen MR) is 62.4 cm³/mol. The number of nitrogens with zero attached hydrogens (tertiary/aromatic N) is 1. The Morgan fingerprint density at radius 1 is 1.21 bits per heavy atom. The van der Waals surface area contributed by atoms with Gasteiger partial charge in [-0.15, -0.1) is 0 Å². The molecular weight excluding hydrogens is 283 g/mol. The van der Waals surface area contributed by atoms with Crippen LogP contribution in [0.2, 0.25) is 5.02 Å². The maximum Gasteiger partial charge on any atom is 0.416 e. The first-order valence-electron chi connectivity index (χ1n) is 5.06. The van der Waals surface area contributed by atoms with Crippen LogP contribution in [0.4, 0.5) is 13.2 Å². The fourth-order valence-corrected chi connectivity index (χ4v) is 1.55. The number of hydrogen-bond acceptors (Lipinski definition) is 3. The summed E-state index contributed by atoms with van der Waals surface area (Å²) < 4.78 is 42.9. The van der Waals surface area contributed by atoms with E-state index in [1.807, 2.05) is 0 Å². The summed E-state index contributed by atoms with van der Waals surface area (Å²) in [5.74, 6) is -0.924. The van der Waals surface area contributed by atoms with Crippen LogP contribution >= 0.6 is 11.6 Å². The third-order valence-electron chi connectivity index (χ3n) is 2.21. The van der Waals surface area contributed by atoms with Gasteiger partial charge in [-0.1, -0.05) is 17.7 Å². The second-order valence-corrected chi connectivity index (χ2v) is 3.98. The SMILES string of the molecule is Oc1c(Cl)cc(C(F)(F)F)cc1Oc1ccccn1. The van der Waals surface area contributed by atoms with Crippen LogP contribution in [0.5, 0.6) is 17.4 Å². The van der Waals surface area contributed by atoms with E-state index in [4.69, 9.17) is 16.3 Å². The van der Waals surface area contributed by atoms with E-state index in [1.54, 1.807) is 12.1 Å². The Morgan fingerprint density at radius 3 is 2.53 bits per heavy atom. The Balaban J connectivity index is 2.42. The van der Waals surface area contributed by atoms with Crippen molar-refractivity contribution in [3.63, 3.8) is 0 Å². The number of benzene rings is 1. The lowest BCUT2D eigenvalue weighted by atomic mass is 10.2. The van der Waals surface area contributed by atoms with Gasteiger partial charge in [0.25, 0.3) is 0 Å². The maximum atomic E-state index is 12.6. The topological polar surface area (TPSA) is 42.4 Å². The first-order chi connectivity index (χ1) is 8.88. The quantitative estimate of drug-likeness (QED) is 0.898. The molecule has 0 fully saturated rings. The molecule has 2 aromatic rings. The van der Waals surface area contributed by atoms with E-state index in [1.165, 1.54) is 12.3 Å². The summed E-state index contributed by atoms with van der Waals surface area (Å²) in [6.45, 7) is 0. The van der Waals surface area contributed by atoms with E-state index in [9.17, 15) is 18.3 Å². The summed E-state index contributed by atoms with van der Waals surface area (Å²) >= 11 is 5.54. The Morgan fingerprint density at radius 2 is 1.95 bits per heavy atom. The molecule has 1 heterocycles. The zero-order chi connectivity index (χ0) is 14.0. The molecule has 2 rings (SSSR count). The van der Waals surface area contributed by atoms with Gasteiger partial charge in [0.05, 0.1) is 10.6 Å². The fourth-order valence-electron chi connectivity index (χ4n) is 1.34. The van der Waals surface area contributed by atoms with Gasteiger partial charge < -0.3 is 9.84 Å². The van der Waals surface area contributed by atoms with Crippen LogP contribution in [-0.2, 0) is 6.18 Å². The number of aromatic nitrogens is 1. The summed E-state index contributed by atoms with van der Waals surface area (Å²) in [6.07, 6.45) is -3.18. The average Bonchev–Trinajstić information content (AvgIpc) is 2.34. The molecule has 0 saturated carbocycles. The standard InChI is InChI=1S/C12H7ClF3NO2/c13-8-5-7(12(14,15)16)6-9(11(8)18)19-10-3-1-2-4-17-10/h1-6,18H. The van der Waals surface area contributed by atoms with Crippen molar-refractivity contribution in [2.75, 3.05) is 0 Å². The number of phenols is 1. The monoisotopic (exact) mass is 289 g/mol. The van der Waals surface area contributed by atoms with E-state index in [-0.39, 0.29) is 5.88 Å². The first-order valence-corrected chi connectivity index (χ1v) is 5.44. The van der Waals surface area contributed by atoms with Gasteiger partial charge in [0.2, 0.25) is 5.88 Å². The van der Waals surface area contributed by atoms with Crippen molar-refractivity contribution in [3.05, 3.63) is 47.1 Å². The van der Waals surface area contributed by atoms with Crippen molar-refractivity contribution >= 4 is 11.6 Å². The second-order valence-electron chi connectivity index (χ2n) is 3.57. The molecule has 0 bridgehead atoms. The molecule has 0 aliphatic carbocycles. The number of phenolic OH excluding ortho intramolecular Hbond substituents is 1. The highest BCUT2D eigenvalue weighted by atomic mass is 35.5. The molecule has 0 amide bonds. The zero-order valence-electron chi connectivity index (χ0n) is 9.28. The van der Waals surface area contributed by atoms with E-state index >= 15 is 0 Å². The summed E-state index contributed by atoms with van der Waals surface area (Å²) in [7, 11) is 0. The molecule has 1 aromatic carbocycles. The van der Waals surface area contributed by atoms with E-state index in [0.29, 0.717) is 12.1 Å². The second kappa shape index (κ2) is 4.97. The molecule has 1 aromatic heterocycles. The summed E-state index contributed by atoms with van der Waals surface area (Å²) in [4.78, 5) is 3.78. The van der Waals surface area contributed by atoms with Crippen LogP contribution in [0.3, 0.4) is 0 Å². The fraction of sp³-hybridized carbons (Fsp3) is 0.0833. The van der Waals surface area contributed by atoms with Crippen molar-refractivity contribution in [1.29, 1.82) is 0 Å². The van der Waals surface area contributed by atoms with Gasteiger partial charge in [0.1, 0.15) is 0 Å². The Labute approximate surface area is 111 Å². The van der Waals surface area contributed by atoms with E-state index in [2.05, 4.69) is 4.98 Å². The minimum Gasteiger partial charge on any atom is -0.503 e. The Kier molecular flexibility index (Phi) is 3.53. The van der Waals surface area contributed by atoms with Crippen LogP contribution in [0.1, 0.15) is 5.56 Å². The number of rotatable bonds is 2. The zero-order valence-corrected chi connectivity index (χ0v) is 10.0. The minimum atomic E-state index is -4.58. The Bertz CT molecular complexity index is 588. The van der Waals surface area contributed by atoms with Gasteiger partial charge in [0.15, 0.2) is 11.5 Å². The molecule has 3 nitrogen and oxygen atoms in total. The molecule has 0 saturated heterocycles. The number of pyridine rings is 1.